The predicted molar refractivity (Wildman–Crippen MR) is 69.6 cm³/mol. The fraction of sp³-hybridized carbons (Fsp3) is 0.545. The molecular formula is C11H16N6O2. The van der Waals surface area contributed by atoms with Gasteiger partial charge in [0.05, 0.1) is 0 Å². The molecule has 0 saturated carbocycles. The molecular weight excluding hydrogens is 248 g/mol. The van der Waals surface area contributed by atoms with Gasteiger partial charge in [0.25, 0.3) is 0 Å². The maximum Gasteiger partial charge on any atom is 0.414 e. The van der Waals surface area contributed by atoms with Crippen molar-refractivity contribution in [1.29, 1.82) is 0 Å². The van der Waals surface area contributed by atoms with Gasteiger partial charge in [-0.2, -0.15) is 0 Å². The molecule has 0 aliphatic rings. The summed E-state index contributed by atoms with van der Waals surface area (Å²) in [5, 5.41) is 5.84. The maximum atomic E-state index is 11.5. The molecule has 8 heteroatoms. The van der Waals surface area contributed by atoms with Crippen LogP contribution in [0.3, 0.4) is 0 Å². The molecule has 0 aliphatic carbocycles. The number of azide groups is 1. The summed E-state index contributed by atoms with van der Waals surface area (Å²) in [6.07, 6.45) is 3.07. The quantitative estimate of drug-likeness (QED) is 0.511. The van der Waals surface area contributed by atoms with Gasteiger partial charge in [0.1, 0.15) is 5.60 Å². The van der Waals surface area contributed by atoms with Crippen molar-refractivity contribution in [3.05, 3.63) is 28.4 Å². The lowest BCUT2D eigenvalue weighted by molar-refractivity contribution is 0.0634. The van der Waals surface area contributed by atoms with E-state index in [1.54, 1.807) is 33.2 Å². The maximum absolute atomic E-state index is 11.5. The Hall–Kier alpha value is -2.34. The van der Waals surface area contributed by atoms with Crippen molar-refractivity contribution in [3.63, 3.8) is 0 Å². The van der Waals surface area contributed by atoms with Crippen molar-refractivity contribution in [2.45, 2.75) is 32.8 Å². The lowest BCUT2D eigenvalue weighted by Crippen LogP contribution is -2.27. The number of carbonyl (C=O) groups is 1. The second-order valence-electron chi connectivity index (χ2n) is 4.75. The van der Waals surface area contributed by atoms with Crippen LogP contribution in [0.5, 0.6) is 0 Å². The molecule has 0 saturated heterocycles. The SMILES string of the molecule is CC(C)(C)OC(=O)Nc1ncc(CCN=[N+]=[N-])cn1. The van der Waals surface area contributed by atoms with Crippen LogP contribution < -0.4 is 5.32 Å². The summed E-state index contributed by atoms with van der Waals surface area (Å²) in [5.74, 6) is 0.168. The summed E-state index contributed by atoms with van der Waals surface area (Å²) < 4.78 is 5.07. The van der Waals surface area contributed by atoms with Crippen LogP contribution in [0.15, 0.2) is 17.5 Å². The van der Waals surface area contributed by atoms with E-state index in [0.29, 0.717) is 13.0 Å². The molecule has 1 amide bonds. The first kappa shape index (κ1) is 14.7. The number of amides is 1. The van der Waals surface area contributed by atoms with E-state index in [-0.39, 0.29) is 5.95 Å². The summed E-state index contributed by atoms with van der Waals surface area (Å²) in [6.45, 7) is 5.66. The van der Waals surface area contributed by atoms with Crippen molar-refractivity contribution < 1.29 is 9.53 Å². The van der Waals surface area contributed by atoms with Gasteiger partial charge in [-0.25, -0.2) is 14.8 Å². The summed E-state index contributed by atoms with van der Waals surface area (Å²) in [7, 11) is 0. The van der Waals surface area contributed by atoms with Crippen molar-refractivity contribution in [3.8, 4) is 0 Å². The Balaban J connectivity index is 2.52. The summed E-state index contributed by atoms with van der Waals surface area (Å²) in [4.78, 5) is 22.0. The lowest BCUT2D eigenvalue weighted by atomic mass is 10.2. The second-order valence-corrected chi connectivity index (χ2v) is 4.75. The van der Waals surface area contributed by atoms with E-state index in [1.165, 1.54) is 0 Å². The topological polar surface area (TPSA) is 113 Å². The van der Waals surface area contributed by atoms with Gasteiger partial charge < -0.3 is 4.74 Å². The van der Waals surface area contributed by atoms with E-state index in [1.807, 2.05) is 0 Å². The van der Waals surface area contributed by atoms with Gasteiger partial charge in [0.2, 0.25) is 5.95 Å². The summed E-state index contributed by atoms with van der Waals surface area (Å²) in [6, 6.07) is 0. The molecule has 8 nitrogen and oxygen atoms in total. The van der Waals surface area contributed by atoms with Gasteiger partial charge in [0.15, 0.2) is 0 Å². The predicted octanol–water partition coefficient (Wildman–Crippen LogP) is 2.68. The van der Waals surface area contributed by atoms with E-state index in [9.17, 15) is 4.79 Å². The Morgan fingerprint density at radius 2 is 2.11 bits per heavy atom. The number of hydrogen-bond acceptors (Lipinski definition) is 5. The molecule has 0 bridgehead atoms. The third kappa shape index (κ3) is 6.23. The number of hydrogen-bond donors (Lipinski definition) is 1. The molecule has 19 heavy (non-hydrogen) atoms. The van der Waals surface area contributed by atoms with Crippen LogP contribution in [0.4, 0.5) is 10.7 Å². The molecule has 1 rings (SSSR count). The highest BCUT2D eigenvalue weighted by atomic mass is 16.6. The van der Waals surface area contributed by atoms with E-state index >= 15 is 0 Å². The molecule has 0 radical (unpaired) electrons. The molecule has 0 atom stereocenters. The normalized spacial score (nSPS) is 10.5. The molecule has 0 unspecified atom stereocenters. The summed E-state index contributed by atoms with van der Waals surface area (Å²) in [5.41, 5.74) is 8.40. The molecule has 0 spiro atoms. The largest absolute Gasteiger partial charge is 0.444 e. The Morgan fingerprint density at radius 3 is 2.63 bits per heavy atom. The monoisotopic (exact) mass is 264 g/mol. The smallest absolute Gasteiger partial charge is 0.414 e. The Bertz CT molecular complexity index is 473. The molecule has 1 N–H and O–H groups in total. The first-order chi connectivity index (χ1) is 8.90. The van der Waals surface area contributed by atoms with Crippen molar-refractivity contribution in [2.75, 3.05) is 11.9 Å². The second kappa shape index (κ2) is 6.55. The fourth-order valence-electron chi connectivity index (χ4n) is 1.17. The Kier molecular flexibility index (Phi) is 5.08. The lowest BCUT2D eigenvalue weighted by Gasteiger charge is -2.19. The van der Waals surface area contributed by atoms with Crippen LogP contribution in [-0.4, -0.2) is 28.2 Å². The number of nitrogens with zero attached hydrogens (tertiary/aromatic N) is 5. The van der Waals surface area contributed by atoms with Crippen molar-refractivity contribution in [2.24, 2.45) is 5.11 Å². The van der Waals surface area contributed by atoms with Crippen LogP contribution in [0, 0.1) is 0 Å². The van der Waals surface area contributed by atoms with Gasteiger partial charge in [-0.15, -0.1) is 0 Å². The number of carbonyl (C=O) groups excluding carboxylic acids is 1. The highest BCUT2D eigenvalue weighted by Gasteiger charge is 2.16. The first-order valence-corrected chi connectivity index (χ1v) is 5.72. The third-order valence-electron chi connectivity index (χ3n) is 1.88. The van der Waals surface area contributed by atoms with E-state index in [4.69, 9.17) is 10.3 Å². The average Bonchev–Trinajstić information content (AvgIpc) is 2.29. The molecule has 1 aromatic heterocycles. The molecule has 1 aromatic rings. The van der Waals surface area contributed by atoms with Gasteiger partial charge in [-0.3, -0.25) is 5.32 Å². The fourth-order valence-corrected chi connectivity index (χ4v) is 1.17. The van der Waals surface area contributed by atoms with Gasteiger partial charge >= 0.3 is 6.09 Å². The minimum atomic E-state index is -0.602. The average molecular weight is 264 g/mol. The Labute approximate surface area is 110 Å². The number of aromatic nitrogens is 2. The van der Waals surface area contributed by atoms with Gasteiger partial charge in [0, 0.05) is 23.9 Å². The van der Waals surface area contributed by atoms with Crippen LogP contribution in [0.1, 0.15) is 26.3 Å². The number of ether oxygens (including phenoxy) is 1. The molecule has 1 heterocycles. The van der Waals surface area contributed by atoms with E-state index in [0.717, 1.165) is 5.56 Å². The zero-order valence-corrected chi connectivity index (χ0v) is 11.1. The van der Waals surface area contributed by atoms with Crippen LogP contribution in [-0.2, 0) is 11.2 Å². The molecule has 102 valence electrons. The van der Waals surface area contributed by atoms with Crippen LogP contribution in [0.25, 0.3) is 10.4 Å². The van der Waals surface area contributed by atoms with Gasteiger partial charge in [-0.05, 0) is 38.3 Å². The van der Waals surface area contributed by atoms with E-state index in [2.05, 4.69) is 25.3 Å². The standard InChI is InChI=1S/C11H16N6O2/c1-11(2,3)19-10(18)16-9-13-6-8(7-14-9)4-5-15-17-12/h6-7H,4-5H2,1-3H3,(H,13,14,16,18). The minimum Gasteiger partial charge on any atom is -0.444 e. The first-order valence-electron chi connectivity index (χ1n) is 5.72. The molecule has 0 aliphatic heterocycles. The van der Waals surface area contributed by atoms with Gasteiger partial charge in [-0.1, -0.05) is 5.11 Å². The number of nitrogens with one attached hydrogen (secondary N) is 1. The van der Waals surface area contributed by atoms with Crippen molar-refractivity contribution in [1.82, 2.24) is 9.97 Å². The summed E-state index contributed by atoms with van der Waals surface area (Å²) >= 11 is 0. The third-order valence-corrected chi connectivity index (χ3v) is 1.88. The molecule has 0 fully saturated rings. The Morgan fingerprint density at radius 1 is 1.47 bits per heavy atom. The van der Waals surface area contributed by atoms with Crippen LogP contribution >= 0.6 is 0 Å². The number of anilines is 1. The van der Waals surface area contributed by atoms with Crippen molar-refractivity contribution >= 4 is 12.0 Å². The zero-order valence-electron chi connectivity index (χ0n) is 11.1. The zero-order chi connectivity index (χ0) is 14.3. The molecule has 0 aromatic carbocycles. The van der Waals surface area contributed by atoms with Crippen LogP contribution in [0.2, 0.25) is 0 Å². The van der Waals surface area contributed by atoms with E-state index < -0.39 is 11.7 Å². The highest BCUT2D eigenvalue weighted by molar-refractivity contribution is 5.82. The highest BCUT2D eigenvalue weighted by Crippen LogP contribution is 2.09. The minimum absolute atomic E-state index is 0.168. The number of rotatable bonds is 4.